The van der Waals surface area contributed by atoms with Crippen LogP contribution in [-0.2, 0) is 13.6 Å². The van der Waals surface area contributed by atoms with Crippen molar-refractivity contribution in [1.82, 2.24) is 14.8 Å². The van der Waals surface area contributed by atoms with E-state index in [9.17, 15) is 0 Å². The van der Waals surface area contributed by atoms with Crippen molar-refractivity contribution >= 4 is 5.96 Å². The van der Waals surface area contributed by atoms with Crippen LogP contribution in [0.5, 0.6) is 0 Å². The Bertz CT molecular complexity index is 365. The van der Waals surface area contributed by atoms with Crippen molar-refractivity contribution in [3.05, 3.63) is 36.7 Å². The Morgan fingerprint density at radius 3 is 2.94 bits per heavy atom. The lowest BCUT2D eigenvalue weighted by Crippen LogP contribution is -2.38. The van der Waals surface area contributed by atoms with Gasteiger partial charge in [0.25, 0.3) is 0 Å². The number of aryl methyl sites for hydroxylation is 1. The Labute approximate surface area is 97.3 Å². The minimum atomic E-state index is 0.726. The maximum absolute atomic E-state index is 4.21. The molecule has 0 saturated heterocycles. The van der Waals surface area contributed by atoms with Crippen LogP contribution in [0.15, 0.2) is 36.0 Å². The first-order valence-electron chi connectivity index (χ1n) is 5.32. The molecule has 1 N–H and O–H groups in total. The van der Waals surface area contributed by atoms with Gasteiger partial charge in [-0.2, -0.15) is 0 Å². The van der Waals surface area contributed by atoms with Crippen LogP contribution in [0.3, 0.4) is 0 Å². The van der Waals surface area contributed by atoms with E-state index < -0.39 is 0 Å². The first-order chi connectivity index (χ1) is 7.69. The third-order valence-electron chi connectivity index (χ3n) is 2.43. The Morgan fingerprint density at radius 1 is 1.69 bits per heavy atom. The Hall–Kier alpha value is -1.71. The molecule has 0 radical (unpaired) electrons. The predicted molar refractivity (Wildman–Crippen MR) is 68.4 cm³/mol. The van der Waals surface area contributed by atoms with Crippen LogP contribution >= 0.6 is 0 Å². The van der Waals surface area contributed by atoms with Crippen molar-refractivity contribution in [2.24, 2.45) is 12.0 Å². The van der Waals surface area contributed by atoms with E-state index >= 15 is 0 Å². The predicted octanol–water partition coefficient (Wildman–Crippen LogP) is 1.22. The number of nitrogens with one attached hydrogen (secondary N) is 1. The van der Waals surface area contributed by atoms with Crippen molar-refractivity contribution in [2.45, 2.75) is 6.54 Å². The van der Waals surface area contributed by atoms with Crippen LogP contribution in [0, 0.1) is 0 Å². The Balaban J connectivity index is 2.59. The van der Waals surface area contributed by atoms with E-state index in [2.05, 4.69) is 32.4 Å². The third kappa shape index (κ3) is 3.15. The van der Waals surface area contributed by atoms with Gasteiger partial charge in [-0.15, -0.1) is 6.58 Å². The average molecular weight is 220 g/mol. The lowest BCUT2D eigenvalue weighted by Gasteiger charge is -2.21. The van der Waals surface area contributed by atoms with Gasteiger partial charge >= 0.3 is 0 Å². The van der Waals surface area contributed by atoms with Gasteiger partial charge in [0.05, 0.1) is 6.54 Å². The van der Waals surface area contributed by atoms with Crippen molar-refractivity contribution in [3.63, 3.8) is 0 Å². The molecule has 0 aromatic carbocycles. The summed E-state index contributed by atoms with van der Waals surface area (Å²) in [4.78, 5) is 6.29. The summed E-state index contributed by atoms with van der Waals surface area (Å²) in [6, 6.07) is 4.15. The highest BCUT2D eigenvalue weighted by atomic mass is 15.3. The maximum atomic E-state index is 4.21. The summed E-state index contributed by atoms with van der Waals surface area (Å²) < 4.78 is 2.11. The van der Waals surface area contributed by atoms with Crippen molar-refractivity contribution < 1.29 is 0 Å². The molecular formula is C12H20N4. The minimum Gasteiger partial charge on any atom is -0.353 e. The van der Waals surface area contributed by atoms with E-state index in [4.69, 9.17) is 0 Å². The lowest BCUT2D eigenvalue weighted by molar-refractivity contribution is 0.465. The summed E-state index contributed by atoms with van der Waals surface area (Å²) in [5.41, 5.74) is 1.25. The first-order valence-corrected chi connectivity index (χ1v) is 5.32. The van der Waals surface area contributed by atoms with Crippen LogP contribution in [0.1, 0.15) is 5.69 Å². The summed E-state index contributed by atoms with van der Waals surface area (Å²) in [5.74, 6) is 0.876. The fourth-order valence-electron chi connectivity index (χ4n) is 1.53. The van der Waals surface area contributed by atoms with E-state index in [1.165, 1.54) is 5.69 Å². The van der Waals surface area contributed by atoms with Gasteiger partial charge in [-0.1, -0.05) is 6.08 Å². The zero-order valence-electron chi connectivity index (χ0n) is 10.3. The first kappa shape index (κ1) is 12.4. The van der Waals surface area contributed by atoms with Gasteiger partial charge in [0.1, 0.15) is 0 Å². The SMILES string of the molecule is C=CCNC(=NC)N(C)Cc1cccn1C. The van der Waals surface area contributed by atoms with Gasteiger partial charge in [-0.05, 0) is 12.1 Å². The molecule has 1 aromatic rings. The number of aliphatic imine (C=N–C) groups is 1. The second kappa shape index (κ2) is 6.00. The van der Waals surface area contributed by atoms with E-state index in [-0.39, 0.29) is 0 Å². The van der Waals surface area contributed by atoms with Crippen molar-refractivity contribution in [3.8, 4) is 0 Å². The van der Waals surface area contributed by atoms with Gasteiger partial charge in [-0.3, -0.25) is 4.99 Å². The highest BCUT2D eigenvalue weighted by molar-refractivity contribution is 5.79. The summed E-state index contributed by atoms with van der Waals surface area (Å²) >= 11 is 0. The molecule has 0 spiro atoms. The topological polar surface area (TPSA) is 32.6 Å². The van der Waals surface area contributed by atoms with Crippen LogP contribution < -0.4 is 5.32 Å². The minimum absolute atomic E-state index is 0.726. The molecule has 1 rings (SSSR count). The largest absolute Gasteiger partial charge is 0.353 e. The molecule has 4 nitrogen and oxygen atoms in total. The number of aromatic nitrogens is 1. The number of nitrogens with zero attached hydrogens (tertiary/aromatic N) is 3. The molecule has 4 heteroatoms. The molecule has 0 saturated carbocycles. The van der Waals surface area contributed by atoms with Gasteiger partial charge in [0.15, 0.2) is 5.96 Å². The zero-order chi connectivity index (χ0) is 12.0. The molecule has 0 unspecified atom stereocenters. The molecule has 1 aromatic heterocycles. The second-order valence-electron chi connectivity index (χ2n) is 3.68. The van der Waals surface area contributed by atoms with Crippen LogP contribution in [0.25, 0.3) is 0 Å². The van der Waals surface area contributed by atoms with Crippen molar-refractivity contribution in [1.29, 1.82) is 0 Å². The van der Waals surface area contributed by atoms with Gasteiger partial charge in [0.2, 0.25) is 0 Å². The standard InChI is InChI=1S/C12H20N4/c1-5-8-14-12(13-2)16(4)10-11-7-6-9-15(11)3/h5-7,9H,1,8,10H2,2-4H3,(H,13,14). The normalized spacial score (nSPS) is 11.3. The van der Waals surface area contributed by atoms with Gasteiger partial charge in [-0.25, -0.2) is 0 Å². The van der Waals surface area contributed by atoms with E-state index in [1.807, 2.05) is 32.4 Å². The van der Waals surface area contributed by atoms with Crippen LogP contribution in [0.4, 0.5) is 0 Å². The van der Waals surface area contributed by atoms with E-state index in [1.54, 1.807) is 7.05 Å². The summed E-state index contributed by atoms with van der Waals surface area (Å²) in [5, 5.41) is 3.20. The second-order valence-corrected chi connectivity index (χ2v) is 3.68. The van der Waals surface area contributed by atoms with E-state index in [0.29, 0.717) is 0 Å². The van der Waals surface area contributed by atoms with E-state index in [0.717, 1.165) is 19.0 Å². The fraction of sp³-hybridized carbons (Fsp3) is 0.417. The van der Waals surface area contributed by atoms with Gasteiger partial charge in [0, 0.05) is 39.6 Å². The average Bonchev–Trinajstić information content (AvgIpc) is 2.65. The molecule has 1 heterocycles. The molecular weight excluding hydrogens is 200 g/mol. The fourth-order valence-corrected chi connectivity index (χ4v) is 1.53. The molecule has 0 aliphatic heterocycles. The molecule has 16 heavy (non-hydrogen) atoms. The molecule has 88 valence electrons. The summed E-state index contributed by atoms with van der Waals surface area (Å²) in [6.45, 7) is 5.24. The molecule has 0 aliphatic rings. The number of hydrogen-bond acceptors (Lipinski definition) is 1. The smallest absolute Gasteiger partial charge is 0.193 e. The molecule has 0 atom stereocenters. The molecule has 0 fully saturated rings. The quantitative estimate of drug-likeness (QED) is 0.470. The number of rotatable bonds is 4. The van der Waals surface area contributed by atoms with Crippen LogP contribution in [0.2, 0.25) is 0 Å². The highest BCUT2D eigenvalue weighted by Crippen LogP contribution is 2.03. The highest BCUT2D eigenvalue weighted by Gasteiger charge is 2.06. The maximum Gasteiger partial charge on any atom is 0.193 e. The van der Waals surface area contributed by atoms with Crippen LogP contribution in [-0.4, -0.2) is 36.1 Å². The molecule has 0 amide bonds. The lowest BCUT2D eigenvalue weighted by atomic mass is 10.4. The Morgan fingerprint density at radius 2 is 2.44 bits per heavy atom. The number of guanidine groups is 1. The summed E-state index contributed by atoms with van der Waals surface area (Å²) in [6.07, 6.45) is 3.87. The molecule has 0 aliphatic carbocycles. The number of hydrogen-bond donors (Lipinski definition) is 1. The van der Waals surface area contributed by atoms with Gasteiger partial charge < -0.3 is 14.8 Å². The molecule has 0 bridgehead atoms. The Kier molecular flexibility index (Phi) is 4.64. The zero-order valence-corrected chi connectivity index (χ0v) is 10.3. The monoisotopic (exact) mass is 220 g/mol. The summed E-state index contributed by atoms with van der Waals surface area (Å²) in [7, 11) is 5.85. The third-order valence-corrected chi connectivity index (χ3v) is 2.43. The van der Waals surface area contributed by atoms with Crippen molar-refractivity contribution in [2.75, 3.05) is 20.6 Å².